The van der Waals surface area contributed by atoms with Gasteiger partial charge in [-0.1, -0.05) is 12.1 Å². The number of esters is 1. The summed E-state index contributed by atoms with van der Waals surface area (Å²) in [7, 11) is 0. The Morgan fingerprint density at radius 1 is 1.65 bits per heavy atom. The van der Waals surface area contributed by atoms with Crippen molar-refractivity contribution in [2.75, 3.05) is 6.61 Å². The van der Waals surface area contributed by atoms with Crippen LogP contribution in [0.4, 0.5) is 4.39 Å². The predicted molar refractivity (Wildman–Crippen MR) is 64.3 cm³/mol. The van der Waals surface area contributed by atoms with Gasteiger partial charge in [-0.05, 0) is 28.9 Å². The lowest BCUT2D eigenvalue weighted by Crippen LogP contribution is -2.31. The Morgan fingerprint density at radius 2 is 2.29 bits per heavy atom. The van der Waals surface area contributed by atoms with E-state index in [4.69, 9.17) is 5.73 Å². The third-order valence-electron chi connectivity index (χ3n) is 2.20. The van der Waals surface area contributed by atoms with E-state index < -0.39 is 18.2 Å². The van der Waals surface area contributed by atoms with Gasteiger partial charge in [-0.25, -0.2) is 9.18 Å². The molecular weight excluding hydrogens is 293 g/mol. The Kier molecular flexibility index (Phi) is 4.89. The average molecular weight is 306 g/mol. The fraction of sp³-hybridized carbons (Fsp3) is 0.364. The molecule has 0 aromatic heterocycles. The van der Waals surface area contributed by atoms with E-state index in [0.29, 0.717) is 4.47 Å². The van der Waals surface area contributed by atoms with Crippen molar-refractivity contribution in [3.63, 3.8) is 0 Å². The second-order valence-electron chi connectivity index (χ2n) is 3.36. The van der Waals surface area contributed by atoms with Crippen molar-refractivity contribution in [1.82, 2.24) is 0 Å². The van der Waals surface area contributed by atoms with E-state index in [-0.39, 0.29) is 17.9 Å². The first-order valence-electron chi connectivity index (χ1n) is 5.02. The van der Waals surface area contributed by atoms with Crippen LogP contribution in [0.2, 0.25) is 0 Å². The third-order valence-corrected chi connectivity index (χ3v) is 2.84. The molecule has 0 saturated heterocycles. The van der Waals surface area contributed by atoms with Crippen molar-refractivity contribution < 1.29 is 19.0 Å². The highest BCUT2D eigenvalue weighted by Gasteiger charge is 2.29. The molecule has 4 nitrogen and oxygen atoms in total. The van der Waals surface area contributed by atoms with Crippen LogP contribution in [-0.4, -0.2) is 23.9 Å². The molecule has 0 amide bonds. The summed E-state index contributed by atoms with van der Waals surface area (Å²) in [5, 5.41) is 9.68. The molecule has 0 aliphatic heterocycles. The minimum atomic E-state index is -2.00. The molecule has 6 heteroatoms. The molecule has 0 bridgehead atoms. The zero-order valence-electron chi connectivity index (χ0n) is 9.19. The molecule has 0 spiro atoms. The van der Waals surface area contributed by atoms with Gasteiger partial charge in [0.1, 0.15) is 5.75 Å². The molecule has 1 aromatic rings. The van der Waals surface area contributed by atoms with Crippen LogP contribution in [0.1, 0.15) is 18.5 Å². The zero-order chi connectivity index (χ0) is 13.0. The van der Waals surface area contributed by atoms with E-state index in [1.165, 1.54) is 6.07 Å². The van der Waals surface area contributed by atoms with E-state index >= 15 is 0 Å². The molecule has 0 aliphatic carbocycles. The largest absolute Gasteiger partial charge is 0.506 e. The Labute approximate surface area is 107 Å². The summed E-state index contributed by atoms with van der Waals surface area (Å²) < 4.78 is 18.6. The summed E-state index contributed by atoms with van der Waals surface area (Å²) in [5.74, 6) is -1.20. The van der Waals surface area contributed by atoms with E-state index in [1.807, 2.05) is 0 Å². The second kappa shape index (κ2) is 5.97. The highest BCUT2D eigenvalue weighted by molar-refractivity contribution is 9.10. The highest BCUT2D eigenvalue weighted by atomic mass is 79.9. The number of benzene rings is 1. The zero-order valence-corrected chi connectivity index (χ0v) is 10.8. The number of hydrogen-bond donors (Lipinski definition) is 2. The van der Waals surface area contributed by atoms with E-state index in [2.05, 4.69) is 20.7 Å². The number of halogens is 2. The number of para-hydroxylation sites is 1. The molecule has 3 N–H and O–H groups in total. The Morgan fingerprint density at radius 3 is 2.88 bits per heavy atom. The summed E-state index contributed by atoms with van der Waals surface area (Å²) >= 11 is 3.09. The maximum absolute atomic E-state index is 13.6. The van der Waals surface area contributed by atoms with Crippen molar-refractivity contribution in [3.8, 4) is 5.75 Å². The fourth-order valence-corrected chi connectivity index (χ4v) is 1.71. The summed E-state index contributed by atoms with van der Waals surface area (Å²) in [6.07, 6.45) is -2.00. The minimum Gasteiger partial charge on any atom is -0.506 e. The molecule has 1 unspecified atom stereocenters. The Bertz CT molecular complexity index is 414. The molecule has 1 aromatic carbocycles. The van der Waals surface area contributed by atoms with Gasteiger partial charge < -0.3 is 15.6 Å². The van der Waals surface area contributed by atoms with Gasteiger partial charge in [0.15, 0.2) is 0 Å². The highest BCUT2D eigenvalue weighted by Crippen LogP contribution is 2.32. The van der Waals surface area contributed by atoms with Gasteiger partial charge in [-0.2, -0.15) is 0 Å². The van der Waals surface area contributed by atoms with Crippen LogP contribution in [0, 0.1) is 0 Å². The first-order valence-corrected chi connectivity index (χ1v) is 5.82. The smallest absolute Gasteiger partial charge is 0.342 e. The third kappa shape index (κ3) is 3.17. The maximum atomic E-state index is 13.6. The van der Waals surface area contributed by atoms with Gasteiger partial charge in [0.2, 0.25) is 6.17 Å². The van der Waals surface area contributed by atoms with Gasteiger partial charge in [0.25, 0.3) is 0 Å². The van der Waals surface area contributed by atoms with Gasteiger partial charge in [-0.15, -0.1) is 0 Å². The molecule has 0 saturated carbocycles. The van der Waals surface area contributed by atoms with E-state index in [1.54, 1.807) is 19.1 Å². The van der Waals surface area contributed by atoms with Crippen LogP contribution in [-0.2, 0) is 9.53 Å². The number of nitrogens with two attached hydrogens (primary N) is 1. The van der Waals surface area contributed by atoms with Gasteiger partial charge in [0, 0.05) is 5.56 Å². The fourth-order valence-electron chi connectivity index (χ4n) is 1.33. The van der Waals surface area contributed by atoms with E-state index in [9.17, 15) is 14.3 Å². The number of carbonyl (C=O) groups is 1. The number of phenols is 1. The normalized spacial score (nSPS) is 14.1. The minimum absolute atomic E-state index is 0.0798. The SMILES string of the molecule is CCOC(=O)C(F)[C@H](N)c1cccc(Br)c1O. The molecule has 0 heterocycles. The molecule has 17 heavy (non-hydrogen) atoms. The lowest BCUT2D eigenvalue weighted by molar-refractivity contribution is -0.149. The van der Waals surface area contributed by atoms with E-state index in [0.717, 1.165) is 0 Å². The first kappa shape index (κ1) is 13.9. The molecule has 0 radical (unpaired) electrons. The summed E-state index contributed by atoms with van der Waals surface area (Å²) in [6, 6.07) is 3.38. The molecular formula is C11H13BrFNO3. The van der Waals surface area contributed by atoms with Crippen LogP contribution >= 0.6 is 15.9 Å². The lowest BCUT2D eigenvalue weighted by Gasteiger charge is -2.17. The van der Waals surface area contributed by atoms with Crippen molar-refractivity contribution in [2.45, 2.75) is 19.1 Å². The number of alkyl halides is 1. The van der Waals surface area contributed by atoms with Crippen molar-refractivity contribution in [2.24, 2.45) is 5.73 Å². The Hall–Kier alpha value is -1.14. The van der Waals surface area contributed by atoms with Crippen molar-refractivity contribution in [1.29, 1.82) is 0 Å². The monoisotopic (exact) mass is 305 g/mol. The number of phenolic OH excluding ortho intramolecular Hbond substituents is 1. The van der Waals surface area contributed by atoms with Crippen LogP contribution in [0.25, 0.3) is 0 Å². The quantitative estimate of drug-likeness (QED) is 0.835. The summed E-state index contributed by atoms with van der Waals surface area (Å²) in [5.41, 5.74) is 5.74. The molecule has 94 valence electrons. The van der Waals surface area contributed by atoms with Crippen molar-refractivity contribution >= 4 is 21.9 Å². The van der Waals surface area contributed by atoms with Gasteiger partial charge >= 0.3 is 5.97 Å². The predicted octanol–water partition coefficient (Wildman–Crippen LogP) is 2.06. The molecule has 0 fully saturated rings. The number of hydrogen-bond acceptors (Lipinski definition) is 4. The topological polar surface area (TPSA) is 72.5 Å². The first-order chi connectivity index (χ1) is 7.99. The van der Waals surface area contributed by atoms with Gasteiger partial charge in [0.05, 0.1) is 17.1 Å². The van der Waals surface area contributed by atoms with Crippen LogP contribution in [0.15, 0.2) is 22.7 Å². The second-order valence-corrected chi connectivity index (χ2v) is 4.21. The Balaban J connectivity index is 2.92. The lowest BCUT2D eigenvalue weighted by atomic mass is 10.0. The standard InChI is InChI=1S/C11H13BrFNO3/c1-2-17-11(16)8(13)9(14)6-4-3-5-7(12)10(6)15/h3-5,8-9,15H,2,14H2,1H3/t8?,9-/m1/s1. The number of rotatable bonds is 4. The number of carbonyl (C=O) groups excluding carboxylic acids is 1. The van der Waals surface area contributed by atoms with Crippen molar-refractivity contribution in [3.05, 3.63) is 28.2 Å². The van der Waals surface area contributed by atoms with Crippen LogP contribution in [0.5, 0.6) is 5.75 Å². The molecule has 2 atom stereocenters. The maximum Gasteiger partial charge on any atom is 0.342 e. The molecule has 1 rings (SSSR count). The van der Waals surface area contributed by atoms with Crippen LogP contribution < -0.4 is 5.73 Å². The number of aromatic hydroxyl groups is 1. The molecule has 0 aliphatic rings. The summed E-state index contributed by atoms with van der Waals surface area (Å²) in [6.45, 7) is 1.66. The number of ether oxygens (including phenoxy) is 1. The summed E-state index contributed by atoms with van der Waals surface area (Å²) in [4.78, 5) is 11.2. The average Bonchev–Trinajstić information content (AvgIpc) is 2.31. The van der Waals surface area contributed by atoms with Gasteiger partial charge in [-0.3, -0.25) is 0 Å². The van der Waals surface area contributed by atoms with Crippen LogP contribution in [0.3, 0.4) is 0 Å².